The number of ether oxygens (including phenoxy) is 1. The Morgan fingerprint density at radius 1 is 0.643 bits per heavy atom. The SMILES string of the molecule is Fc1ccc([S+](c2ccccc2)c2ccccc2)cc1OC1(C#Cc2cc(C(F)(F)F)cc(C(F)(F)F)c2)CCCC1. The molecule has 4 aromatic rings. The van der Waals surface area contributed by atoms with Crippen LogP contribution in [-0.4, -0.2) is 5.60 Å². The van der Waals surface area contributed by atoms with Gasteiger partial charge in [-0.15, -0.1) is 0 Å². The summed E-state index contributed by atoms with van der Waals surface area (Å²) in [5.41, 5.74) is -4.62. The molecule has 216 valence electrons. The first-order chi connectivity index (χ1) is 19.9. The van der Waals surface area contributed by atoms with Crippen molar-refractivity contribution >= 4 is 10.9 Å². The Kier molecular flexibility index (Phi) is 8.29. The van der Waals surface area contributed by atoms with Crippen LogP contribution in [0, 0.1) is 17.7 Å². The lowest BCUT2D eigenvalue weighted by Gasteiger charge is -2.25. The van der Waals surface area contributed by atoms with E-state index in [4.69, 9.17) is 4.74 Å². The zero-order chi connectivity index (χ0) is 30.0. The Labute approximate surface area is 241 Å². The Balaban J connectivity index is 1.53. The molecule has 42 heavy (non-hydrogen) atoms. The molecule has 1 aliphatic rings. The molecule has 0 spiro atoms. The van der Waals surface area contributed by atoms with Gasteiger partial charge in [-0.1, -0.05) is 48.2 Å². The summed E-state index contributed by atoms with van der Waals surface area (Å²) in [6, 6.07) is 25.2. The van der Waals surface area contributed by atoms with Crippen molar-refractivity contribution in [2.45, 2.75) is 58.3 Å². The predicted octanol–water partition coefficient (Wildman–Crippen LogP) is 9.70. The van der Waals surface area contributed by atoms with E-state index in [2.05, 4.69) is 11.8 Å². The number of hydrogen-bond acceptors (Lipinski definition) is 1. The molecular weight excluding hydrogens is 577 g/mol. The van der Waals surface area contributed by atoms with Crippen LogP contribution in [0.5, 0.6) is 5.75 Å². The van der Waals surface area contributed by atoms with Crippen molar-refractivity contribution in [3.8, 4) is 17.6 Å². The third kappa shape index (κ3) is 6.76. The maximum atomic E-state index is 15.2. The van der Waals surface area contributed by atoms with Crippen LogP contribution in [0.3, 0.4) is 0 Å². The number of rotatable bonds is 5. The Hall–Kier alpha value is -3.90. The van der Waals surface area contributed by atoms with Crippen LogP contribution >= 0.6 is 0 Å². The summed E-state index contributed by atoms with van der Waals surface area (Å²) in [5, 5.41) is 0. The highest BCUT2D eigenvalue weighted by Crippen LogP contribution is 2.39. The summed E-state index contributed by atoms with van der Waals surface area (Å²) in [5.74, 6) is 4.55. The smallest absolute Gasteiger partial charge is 0.416 e. The minimum absolute atomic E-state index is 0.0601. The van der Waals surface area contributed by atoms with E-state index in [0.29, 0.717) is 37.8 Å². The van der Waals surface area contributed by atoms with Gasteiger partial charge in [-0.3, -0.25) is 0 Å². The van der Waals surface area contributed by atoms with Crippen LogP contribution in [0.2, 0.25) is 0 Å². The molecule has 4 aromatic carbocycles. The standard InChI is InChI=1S/C33H24F7OS/c34-29-14-13-28(42(26-9-3-1-4-10-26)27-11-5-2-6-12-27)22-30(29)41-31(16-7-8-17-31)18-15-23-19-24(32(35,36)37)21-25(20-23)33(38,39)40/h1-6,9-14,19-22H,7-8,16-17H2/q+1. The van der Waals surface area contributed by atoms with Crippen LogP contribution in [0.1, 0.15) is 42.4 Å². The Bertz CT molecular complexity index is 1530. The van der Waals surface area contributed by atoms with E-state index in [1.54, 1.807) is 12.1 Å². The third-order valence-corrected chi connectivity index (χ3v) is 9.05. The maximum absolute atomic E-state index is 15.2. The zero-order valence-corrected chi connectivity index (χ0v) is 22.8. The first-order valence-electron chi connectivity index (χ1n) is 13.1. The third-order valence-electron chi connectivity index (χ3n) is 6.84. The van der Waals surface area contributed by atoms with Gasteiger partial charge in [0.15, 0.2) is 31.9 Å². The normalized spacial score (nSPS) is 14.9. The molecule has 0 heterocycles. The van der Waals surface area contributed by atoms with E-state index < -0.39 is 51.4 Å². The topological polar surface area (TPSA) is 9.23 Å². The van der Waals surface area contributed by atoms with Gasteiger partial charge in [-0.05, 0) is 80.3 Å². The van der Waals surface area contributed by atoms with Crippen molar-refractivity contribution in [3.63, 3.8) is 0 Å². The van der Waals surface area contributed by atoms with E-state index >= 15 is 4.39 Å². The summed E-state index contributed by atoms with van der Waals surface area (Å²) >= 11 is 0. The van der Waals surface area contributed by atoms with E-state index in [-0.39, 0.29) is 11.8 Å². The molecule has 0 N–H and O–H groups in total. The number of alkyl halides is 6. The maximum Gasteiger partial charge on any atom is 0.416 e. The fourth-order valence-corrected chi connectivity index (χ4v) is 6.94. The first-order valence-corrected chi connectivity index (χ1v) is 14.3. The molecule has 0 aliphatic heterocycles. The zero-order valence-electron chi connectivity index (χ0n) is 22.0. The Morgan fingerprint density at radius 2 is 1.17 bits per heavy atom. The Morgan fingerprint density at radius 3 is 1.67 bits per heavy atom. The molecule has 0 aromatic heterocycles. The molecule has 0 amide bonds. The summed E-state index contributed by atoms with van der Waals surface area (Å²) in [6.45, 7) is 0. The van der Waals surface area contributed by atoms with Gasteiger partial charge < -0.3 is 4.74 Å². The van der Waals surface area contributed by atoms with E-state index in [1.807, 2.05) is 60.7 Å². The molecule has 1 fully saturated rings. The number of halogens is 7. The van der Waals surface area contributed by atoms with Crippen molar-refractivity contribution in [1.29, 1.82) is 0 Å². The van der Waals surface area contributed by atoms with Crippen molar-refractivity contribution in [3.05, 3.63) is 120 Å². The van der Waals surface area contributed by atoms with Crippen LogP contribution in [0.25, 0.3) is 0 Å². The highest BCUT2D eigenvalue weighted by atomic mass is 32.2. The fourth-order valence-electron chi connectivity index (χ4n) is 4.83. The van der Waals surface area contributed by atoms with Gasteiger partial charge in [0.25, 0.3) is 0 Å². The minimum Gasteiger partial charge on any atom is -0.471 e. The van der Waals surface area contributed by atoms with Crippen LogP contribution in [0.4, 0.5) is 30.7 Å². The molecule has 1 saturated carbocycles. The molecule has 0 radical (unpaired) electrons. The largest absolute Gasteiger partial charge is 0.471 e. The first kappa shape index (κ1) is 29.6. The lowest BCUT2D eigenvalue weighted by molar-refractivity contribution is -0.143. The molecule has 1 nitrogen and oxygen atoms in total. The predicted molar refractivity (Wildman–Crippen MR) is 147 cm³/mol. The van der Waals surface area contributed by atoms with E-state index in [0.717, 1.165) is 14.7 Å². The lowest BCUT2D eigenvalue weighted by Crippen LogP contribution is -2.31. The van der Waals surface area contributed by atoms with Gasteiger partial charge in [0.05, 0.1) is 22.0 Å². The summed E-state index contributed by atoms with van der Waals surface area (Å²) in [7, 11) is -0.601. The van der Waals surface area contributed by atoms with Gasteiger partial charge in [0, 0.05) is 11.6 Å². The van der Waals surface area contributed by atoms with Gasteiger partial charge in [-0.2, -0.15) is 26.3 Å². The fraction of sp³-hybridized carbons (Fsp3) is 0.212. The second-order valence-electron chi connectivity index (χ2n) is 9.87. The number of benzene rings is 4. The average Bonchev–Trinajstić information content (AvgIpc) is 3.42. The second-order valence-corrected chi connectivity index (χ2v) is 11.9. The molecule has 0 unspecified atom stereocenters. The molecule has 1 aliphatic carbocycles. The van der Waals surface area contributed by atoms with Crippen molar-refractivity contribution < 1.29 is 35.5 Å². The molecule has 0 atom stereocenters. The van der Waals surface area contributed by atoms with Crippen LogP contribution < -0.4 is 4.74 Å². The molecule has 0 saturated heterocycles. The second kappa shape index (κ2) is 11.8. The van der Waals surface area contributed by atoms with Crippen molar-refractivity contribution in [2.75, 3.05) is 0 Å². The van der Waals surface area contributed by atoms with Gasteiger partial charge in [0.1, 0.15) is 0 Å². The molecule has 5 rings (SSSR count). The minimum atomic E-state index is -4.99. The van der Waals surface area contributed by atoms with E-state index in [9.17, 15) is 26.3 Å². The molecular formula is C33H24F7OS+. The van der Waals surface area contributed by atoms with Crippen molar-refractivity contribution in [2.24, 2.45) is 0 Å². The summed E-state index contributed by atoms with van der Waals surface area (Å²) in [4.78, 5) is 2.78. The quantitative estimate of drug-likeness (QED) is 0.126. The van der Waals surface area contributed by atoms with Crippen LogP contribution in [0.15, 0.2) is 112 Å². The highest BCUT2D eigenvalue weighted by molar-refractivity contribution is 7.97. The highest BCUT2D eigenvalue weighted by Gasteiger charge is 2.38. The summed E-state index contributed by atoms with van der Waals surface area (Å²) < 4.78 is 101. The van der Waals surface area contributed by atoms with Gasteiger partial charge in [0.2, 0.25) is 0 Å². The van der Waals surface area contributed by atoms with Gasteiger partial charge >= 0.3 is 12.4 Å². The van der Waals surface area contributed by atoms with Crippen molar-refractivity contribution in [1.82, 2.24) is 0 Å². The van der Waals surface area contributed by atoms with E-state index in [1.165, 1.54) is 6.07 Å². The monoisotopic (exact) mass is 601 g/mol. The number of hydrogen-bond donors (Lipinski definition) is 0. The lowest BCUT2D eigenvalue weighted by atomic mass is 10.0. The molecule has 0 bridgehead atoms. The summed E-state index contributed by atoms with van der Waals surface area (Å²) in [6.07, 6.45) is -7.97. The molecule has 9 heteroatoms. The van der Waals surface area contributed by atoms with Gasteiger partial charge in [-0.25, -0.2) is 4.39 Å². The van der Waals surface area contributed by atoms with Crippen LogP contribution in [-0.2, 0) is 23.2 Å². The average molecular weight is 602 g/mol.